The minimum absolute atomic E-state index is 0.131. The van der Waals surface area contributed by atoms with E-state index in [-0.39, 0.29) is 23.7 Å². The number of likely N-dealkylation sites (tertiary alicyclic amines) is 1. The second kappa shape index (κ2) is 8.12. The number of aromatic amines is 1. The molecule has 1 saturated carbocycles. The van der Waals surface area contributed by atoms with Crippen LogP contribution >= 0.6 is 0 Å². The monoisotopic (exact) mass is 382 g/mol. The number of carbonyl (C=O) groups excluding carboxylic acids is 1. The zero-order valence-electron chi connectivity index (χ0n) is 15.9. The van der Waals surface area contributed by atoms with Crippen LogP contribution in [-0.2, 0) is 9.59 Å². The highest BCUT2D eigenvalue weighted by Crippen LogP contribution is 2.33. The number of benzene rings is 1. The molecule has 1 saturated heterocycles. The van der Waals surface area contributed by atoms with Crippen LogP contribution in [0.2, 0.25) is 0 Å². The Labute approximate surface area is 164 Å². The van der Waals surface area contributed by atoms with Crippen LogP contribution in [-0.4, -0.2) is 50.2 Å². The van der Waals surface area contributed by atoms with Crippen molar-refractivity contribution in [2.45, 2.75) is 44.4 Å². The molecule has 7 heteroatoms. The molecule has 0 bridgehead atoms. The molecular weight excluding hydrogens is 356 g/mol. The van der Waals surface area contributed by atoms with Gasteiger partial charge < -0.3 is 10.0 Å². The smallest absolute Gasteiger partial charge is 0.306 e. The zero-order valence-corrected chi connectivity index (χ0v) is 15.9. The Morgan fingerprint density at radius 2 is 1.75 bits per heavy atom. The highest BCUT2D eigenvalue weighted by molar-refractivity contribution is 5.80. The maximum absolute atomic E-state index is 12.9. The second-order valence-corrected chi connectivity index (χ2v) is 7.91. The highest BCUT2D eigenvalue weighted by Gasteiger charge is 2.35. The first-order valence-corrected chi connectivity index (χ1v) is 10.1. The van der Waals surface area contributed by atoms with Crippen molar-refractivity contribution in [3.63, 3.8) is 0 Å². The van der Waals surface area contributed by atoms with E-state index in [1.54, 1.807) is 0 Å². The fraction of sp³-hybridized carbons (Fsp3) is 0.524. The van der Waals surface area contributed by atoms with Crippen molar-refractivity contribution in [1.82, 2.24) is 20.1 Å². The van der Waals surface area contributed by atoms with E-state index in [1.807, 2.05) is 35.2 Å². The quantitative estimate of drug-likeness (QED) is 0.847. The van der Waals surface area contributed by atoms with E-state index >= 15 is 0 Å². The Morgan fingerprint density at radius 3 is 2.46 bits per heavy atom. The van der Waals surface area contributed by atoms with Crippen LogP contribution in [0.5, 0.6) is 0 Å². The van der Waals surface area contributed by atoms with Crippen molar-refractivity contribution in [2.24, 2.45) is 11.8 Å². The lowest BCUT2D eigenvalue weighted by molar-refractivity contribution is -0.145. The van der Waals surface area contributed by atoms with Gasteiger partial charge in [0.15, 0.2) is 5.82 Å². The van der Waals surface area contributed by atoms with Gasteiger partial charge in [0, 0.05) is 30.5 Å². The van der Waals surface area contributed by atoms with Crippen LogP contribution in [0, 0.1) is 11.8 Å². The number of aliphatic carboxylic acids is 1. The number of carbonyl (C=O) groups is 2. The van der Waals surface area contributed by atoms with Gasteiger partial charge in [-0.1, -0.05) is 36.8 Å². The molecular formula is C21H26N4O3. The first kappa shape index (κ1) is 18.7. The van der Waals surface area contributed by atoms with Crippen LogP contribution in [0.15, 0.2) is 30.3 Å². The predicted octanol–water partition coefficient (Wildman–Crippen LogP) is 3.07. The van der Waals surface area contributed by atoms with Crippen molar-refractivity contribution < 1.29 is 14.7 Å². The number of hydrogen-bond acceptors (Lipinski definition) is 4. The summed E-state index contributed by atoms with van der Waals surface area (Å²) in [7, 11) is 0. The van der Waals surface area contributed by atoms with E-state index < -0.39 is 5.97 Å². The van der Waals surface area contributed by atoms with Crippen LogP contribution < -0.4 is 0 Å². The standard InChI is InChI=1S/C21H26N4O3/c26-20(16-7-4-8-17(13-16)21(27)28)25-11-9-15(10-12-25)19-22-18(23-24-19)14-5-2-1-3-6-14/h1-3,5-6,15-17H,4,7-13H2,(H,27,28)(H,22,23,24). The van der Waals surface area contributed by atoms with Gasteiger partial charge in [-0.15, -0.1) is 0 Å². The number of nitrogens with one attached hydrogen (secondary N) is 1. The molecule has 1 aromatic heterocycles. The Kier molecular flexibility index (Phi) is 5.41. The summed E-state index contributed by atoms with van der Waals surface area (Å²) in [5, 5.41) is 16.7. The molecule has 2 heterocycles. The maximum atomic E-state index is 12.9. The minimum Gasteiger partial charge on any atom is -0.481 e. The summed E-state index contributed by atoms with van der Waals surface area (Å²) in [6.07, 6.45) is 4.51. The molecule has 2 atom stereocenters. The normalized spacial score (nSPS) is 23.5. The number of amides is 1. The van der Waals surface area contributed by atoms with E-state index in [0.29, 0.717) is 31.8 Å². The summed E-state index contributed by atoms with van der Waals surface area (Å²) in [5.41, 5.74) is 0.989. The third-order valence-electron chi connectivity index (χ3n) is 6.10. The summed E-state index contributed by atoms with van der Waals surface area (Å²) in [4.78, 5) is 30.7. The molecule has 2 unspecified atom stereocenters. The Hall–Kier alpha value is -2.70. The SMILES string of the molecule is O=C(O)C1CCCC(C(=O)N2CCC(c3nc(-c4ccccc4)n[nH]3)CC2)C1. The van der Waals surface area contributed by atoms with E-state index in [1.165, 1.54) is 0 Å². The Bertz CT molecular complexity index is 827. The van der Waals surface area contributed by atoms with Gasteiger partial charge in [0.2, 0.25) is 5.91 Å². The molecule has 4 rings (SSSR count). The van der Waals surface area contributed by atoms with Crippen LogP contribution in [0.25, 0.3) is 11.4 Å². The van der Waals surface area contributed by atoms with Gasteiger partial charge in [-0.05, 0) is 32.1 Å². The van der Waals surface area contributed by atoms with Gasteiger partial charge in [-0.3, -0.25) is 14.7 Å². The molecule has 28 heavy (non-hydrogen) atoms. The van der Waals surface area contributed by atoms with E-state index in [4.69, 9.17) is 0 Å². The van der Waals surface area contributed by atoms with Gasteiger partial charge in [0.05, 0.1) is 5.92 Å². The fourth-order valence-corrected chi connectivity index (χ4v) is 4.44. The predicted molar refractivity (Wildman–Crippen MR) is 103 cm³/mol. The van der Waals surface area contributed by atoms with Gasteiger partial charge in [0.1, 0.15) is 5.82 Å². The number of nitrogens with zero attached hydrogens (tertiary/aromatic N) is 3. The summed E-state index contributed by atoms with van der Waals surface area (Å²) in [6, 6.07) is 9.88. The van der Waals surface area contributed by atoms with Crippen LogP contribution in [0.1, 0.15) is 50.3 Å². The molecule has 7 nitrogen and oxygen atoms in total. The van der Waals surface area contributed by atoms with Crippen molar-refractivity contribution >= 4 is 11.9 Å². The average Bonchev–Trinajstić information content (AvgIpc) is 3.24. The largest absolute Gasteiger partial charge is 0.481 e. The van der Waals surface area contributed by atoms with Gasteiger partial charge >= 0.3 is 5.97 Å². The molecule has 2 fully saturated rings. The highest BCUT2D eigenvalue weighted by atomic mass is 16.4. The lowest BCUT2D eigenvalue weighted by Gasteiger charge is -2.35. The molecule has 1 aromatic carbocycles. The number of H-pyrrole nitrogens is 1. The number of rotatable bonds is 4. The third-order valence-corrected chi connectivity index (χ3v) is 6.10. The number of carboxylic acid groups (broad SMARTS) is 1. The average molecular weight is 382 g/mol. The van der Waals surface area contributed by atoms with Gasteiger partial charge in [-0.25, -0.2) is 4.98 Å². The van der Waals surface area contributed by atoms with Crippen LogP contribution in [0.3, 0.4) is 0 Å². The van der Waals surface area contributed by atoms with Gasteiger partial charge in [-0.2, -0.15) is 5.10 Å². The topological polar surface area (TPSA) is 99.2 Å². The third kappa shape index (κ3) is 3.93. The lowest BCUT2D eigenvalue weighted by Crippen LogP contribution is -2.43. The zero-order chi connectivity index (χ0) is 19.5. The minimum atomic E-state index is -0.768. The molecule has 1 amide bonds. The van der Waals surface area contributed by atoms with E-state index in [9.17, 15) is 14.7 Å². The Balaban J connectivity index is 1.34. The number of carboxylic acids is 1. The van der Waals surface area contributed by atoms with E-state index in [0.717, 1.165) is 37.1 Å². The summed E-state index contributed by atoms with van der Waals surface area (Å²) in [5.74, 6) is 0.715. The maximum Gasteiger partial charge on any atom is 0.306 e. The molecule has 1 aliphatic carbocycles. The van der Waals surface area contributed by atoms with Gasteiger partial charge in [0.25, 0.3) is 0 Å². The summed E-state index contributed by atoms with van der Waals surface area (Å²) >= 11 is 0. The van der Waals surface area contributed by atoms with Crippen LogP contribution in [0.4, 0.5) is 0 Å². The second-order valence-electron chi connectivity index (χ2n) is 7.91. The Morgan fingerprint density at radius 1 is 1.04 bits per heavy atom. The first-order valence-electron chi connectivity index (χ1n) is 10.1. The molecule has 0 radical (unpaired) electrons. The van der Waals surface area contributed by atoms with E-state index in [2.05, 4.69) is 15.2 Å². The van der Waals surface area contributed by atoms with Crippen molar-refractivity contribution in [3.05, 3.63) is 36.2 Å². The summed E-state index contributed by atoms with van der Waals surface area (Å²) in [6.45, 7) is 1.39. The molecule has 0 spiro atoms. The van der Waals surface area contributed by atoms with Crippen molar-refractivity contribution in [2.75, 3.05) is 13.1 Å². The summed E-state index contributed by atoms with van der Waals surface area (Å²) < 4.78 is 0. The molecule has 2 aliphatic rings. The molecule has 148 valence electrons. The first-order chi connectivity index (χ1) is 13.6. The lowest BCUT2D eigenvalue weighted by atomic mass is 9.80. The molecule has 2 aromatic rings. The number of hydrogen-bond donors (Lipinski definition) is 2. The number of piperidine rings is 1. The molecule has 1 aliphatic heterocycles. The molecule has 2 N–H and O–H groups in total. The number of aromatic nitrogens is 3. The van der Waals surface area contributed by atoms with Crippen molar-refractivity contribution in [1.29, 1.82) is 0 Å². The fourth-order valence-electron chi connectivity index (χ4n) is 4.44. The van der Waals surface area contributed by atoms with Crippen molar-refractivity contribution in [3.8, 4) is 11.4 Å².